The second-order valence-electron chi connectivity index (χ2n) is 3.79. The van der Waals surface area contributed by atoms with Gasteiger partial charge in [0.2, 0.25) is 0 Å². The molecule has 0 spiro atoms. The molecular formula is C6H18B3F12OSi-3. The third-order valence-corrected chi connectivity index (χ3v) is 0.289. The maximum absolute atomic E-state index is 9.75. The molecule has 0 aromatic rings. The van der Waals surface area contributed by atoms with Gasteiger partial charge in [0, 0.05) is 22.5 Å². The van der Waals surface area contributed by atoms with Crippen molar-refractivity contribution in [1.29, 1.82) is 0 Å². The summed E-state index contributed by atoms with van der Waals surface area (Å²) in [5, 5.41) is 0. The van der Waals surface area contributed by atoms with Crippen molar-refractivity contribution in [2.45, 2.75) is 26.6 Å². The number of methoxy groups -OCH3 is 1. The van der Waals surface area contributed by atoms with E-state index in [0.717, 1.165) is 6.61 Å². The Morgan fingerprint density at radius 2 is 0.652 bits per heavy atom. The minimum atomic E-state index is -6.00. The molecule has 0 aliphatic rings. The molecule has 23 heavy (non-hydrogen) atoms. The molecule has 0 bridgehead atoms. The number of rotatable bonds is 1. The van der Waals surface area contributed by atoms with Crippen LogP contribution in [0.25, 0.3) is 0 Å². The van der Waals surface area contributed by atoms with E-state index in [9.17, 15) is 51.8 Å². The third kappa shape index (κ3) is 29100. The van der Waals surface area contributed by atoms with Crippen molar-refractivity contribution in [3.63, 3.8) is 0 Å². The zero-order chi connectivity index (χ0) is 20.5. The lowest BCUT2D eigenvalue weighted by atomic mass is 10.3. The van der Waals surface area contributed by atoms with E-state index in [4.69, 9.17) is 0 Å². The molecule has 0 radical (unpaired) electrons. The van der Waals surface area contributed by atoms with Crippen LogP contribution in [0.5, 0.6) is 0 Å². The fraction of sp³-hybridized carbons (Fsp3) is 1.00. The van der Waals surface area contributed by atoms with E-state index in [1.54, 1.807) is 7.11 Å². The van der Waals surface area contributed by atoms with Crippen LogP contribution in [0.3, 0.4) is 0 Å². The topological polar surface area (TPSA) is 9.23 Å². The van der Waals surface area contributed by atoms with Crippen LogP contribution in [0, 0.1) is 0 Å². The summed E-state index contributed by atoms with van der Waals surface area (Å²) in [6, 6.07) is 0. The van der Waals surface area contributed by atoms with Crippen LogP contribution in [0.1, 0.15) is 6.92 Å². The van der Waals surface area contributed by atoms with Gasteiger partial charge in [-0.2, -0.15) is 0 Å². The maximum Gasteiger partial charge on any atom is 0.673 e. The standard InChI is InChI=1S/C3H8O.C3H10Si.3BF4/c1-3-4-2;1-4(2)3;3*2-1(3,4)5/h3H2,1-2H3;4H,1-3H3;;;/q;;3*-1. The summed E-state index contributed by atoms with van der Waals surface area (Å²) in [6.45, 7) is 9.69. The van der Waals surface area contributed by atoms with Crippen molar-refractivity contribution in [3.8, 4) is 0 Å². The van der Waals surface area contributed by atoms with Crippen molar-refractivity contribution < 1.29 is 56.5 Å². The van der Waals surface area contributed by atoms with Crippen LogP contribution in [0.15, 0.2) is 0 Å². The average molecular weight is 395 g/mol. The zero-order valence-corrected chi connectivity index (χ0v) is 14.1. The lowest BCUT2D eigenvalue weighted by molar-refractivity contribution is 0.215. The predicted octanol–water partition coefficient (Wildman–Crippen LogP) is 5.66. The van der Waals surface area contributed by atoms with E-state index in [0.29, 0.717) is 0 Å². The Labute approximate surface area is 128 Å². The Morgan fingerprint density at radius 3 is 0.652 bits per heavy atom. The molecule has 0 N–H and O–H groups in total. The van der Waals surface area contributed by atoms with Crippen molar-refractivity contribution in [3.05, 3.63) is 0 Å². The Morgan fingerprint density at radius 1 is 0.609 bits per heavy atom. The molecule has 0 heterocycles. The lowest BCUT2D eigenvalue weighted by Gasteiger charge is -1.94. The van der Waals surface area contributed by atoms with E-state index in [1.807, 2.05) is 6.92 Å². The van der Waals surface area contributed by atoms with Gasteiger partial charge in [-0.25, -0.2) is 0 Å². The highest BCUT2D eigenvalue weighted by Crippen LogP contribution is 2.07. The summed E-state index contributed by atoms with van der Waals surface area (Å²) in [5.74, 6) is 0. The predicted molar refractivity (Wildman–Crippen MR) is 72.8 cm³/mol. The van der Waals surface area contributed by atoms with Gasteiger partial charge in [-0.1, -0.05) is 19.6 Å². The fourth-order valence-corrected chi connectivity index (χ4v) is 0. The van der Waals surface area contributed by atoms with E-state index >= 15 is 0 Å². The highest BCUT2D eigenvalue weighted by Gasteiger charge is 2.21. The first-order valence-corrected chi connectivity index (χ1v) is 9.22. The average Bonchev–Trinajstić information content (AvgIpc) is 2.07. The summed E-state index contributed by atoms with van der Waals surface area (Å²) in [7, 11) is -16.5. The van der Waals surface area contributed by atoms with Gasteiger partial charge in [0.15, 0.2) is 0 Å². The summed E-state index contributed by atoms with van der Waals surface area (Å²) in [5.41, 5.74) is 0. The van der Waals surface area contributed by atoms with Gasteiger partial charge in [0.25, 0.3) is 0 Å². The molecule has 17 heteroatoms. The van der Waals surface area contributed by atoms with Gasteiger partial charge in [-0.15, -0.1) is 0 Å². The molecule has 148 valence electrons. The maximum atomic E-state index is 9.75. The summed E-state index contributed by atoms with van der Waals surface area (Å²) < 4.78 is 122. The largest absolute Gasteiger partial charge is 0.673 e. The van der Waals surface area contributed by atoms with Gasteiger partial charge < -0.3 is 56.5 Å². The smallest absolute Gasteiger partial charge is 0.418 e. The van der Waals surface area contributed by atoms with Crippen LogP contribution in [-0.4, -0.2) is 44.3 Å². The number of ether oxygens (including phenoxy) is 1. The Kier molecular flexibility index (Phi) is 26.4. The minimum Gasteiger partial charge on any atom is -0.418 e. The highest BCUT2D eigenvalue weighted by atomic mass is 28.3. The van der Waals surface area contributed by atoms with E-state index in [1.165, 1.54) is 0 Å². The molecule has 0 unspecified atom stereocenters. The molecule has 0 atom stereocenters. The Hall–Kier alpha value is -0.468. The van der Waals surface area contributed by atoms with Crippen LogP contribution >= 0.6 is 0 Å². The Bertz CT molecular complexity index is 167. The third-order valence-electron chi connectivity index (χ3n) is 0.289. The molecule has 0 rings (SSSR count). The molecule has 0 aliphatic heterocycles. The van der Waals surface area contributed by atoms with Gasteiger partial charge in [-0.3, -0.25) is 0 Å². The van der Waals surface area contributed by atoms with E-state index in [-0.39, 0.29) is 8.80 Å². The van der Waals surface area contributed by atoms with Crippen molar-refractivity contribution >= 4 is 30.6 Å². The number of halogens is 12. The van der Waals surface area contributed by atoms with Gasteiger partial charge in [-0.05, 0) is 6.92 Å². The molecule has 0 saturated carbocycles. The Balaban J connectivity index is -0.0000000589. The van der Waals surface area contributed by atoms with E-state index < -0.39 is 21.8 Å². The summed E-state index contributed by atoms with van der Waals surface area (Å²) in [6.07, 6.45) is 0. The summed E-state index contributed by atoms with van der Waals surface area (Å²) >= 11 is 0. The van der Waals surface area contributed by atoms with Crippen molar-refractivity contribution in [2.24, 2.45) is 0 Å². The van der Waals surface area contributed by atoms with Crippen LogP contribution < -0.4 is 0 Å². The van der Waals surface area contributed by atoms with Gasteiger partial charge in [0.1, 0.15) is 0 Å². The normalized spacial score (nSPS) is 10.7. The zero-order valence-electron chi connectivity index (χ0n) is 13.0. The SMILES string of the molecule is CCOC.C[SiH](C)C.F[B-](F)(F)F.F[B-](F)(F)F.F[B-](F)(F)F. The first-order valence-electron chi connectivity index (χ1n) is 5.75. The molecule has 1 nitrogen and oxygen atoms in total. The molecule has 0 saturated heterocycles. The first-order chi connectivity index (χ1) is 9.65. The number of hydrogen-bond acceptors (Lipinski definition) is 1. The molecule has 0 amide bonds. The first kappa shape index (κ1) is 34.0. The van der Waals surface area contributed by atoms with Crippen molar-refractivity contribution in [2.75, 3.05) is 13.7 Å². The fourth-order valence-electron chi connectivity index (χ4n) is 0. The highest BCUT2D eigenvalue weighted by molar-refractivity contribution is 6.54. The second-order valence-corrected chi connectivity index (χ2v) is 7.26. The molecular weight excluding hydrogens is 377 g/mol. The quantitative estimate of drug-likeness (QED) is 0.412. The van der Waals surface area contributed by atoms with Gasteiger partial charge in [0.05, 0.1) is 0 Å². The number of hydrogen-bond donors (Lipinski definition) is 0. The molecule has 0 aliphatic carbocycles. The molecule has 0 aromatic carbocycles. The minimum absolute atomic E-state index is 0.139. The van der Waals surface area contributed by atoms with Crippen LogP contribution in [0.2, 0.25) is 19.6 Å². The van der Waals surface area contributed by atoms with Gasteiger partial charge >= 0.3 is 21.8 Å². The van der Waals surface area contributed by atoms with Crippen LogP contribution in [-0.2, 0) is 4.74 Å². The van der Waals surface area contributed by atoms with Crippen LogP contribution in [0.4, 0.5) is 51.8 Å². The molecule has 0 aromatic heterocycles. The van der Waals surface area contributed by atoms with E-state index in [2.05, 4.69) is 24.4 Å². The summed E-state index contributed by atoms with van der Waals surface area (Å²) in [4.78, 5) is 0. The second kappa shape index (κ2) is 17.9. The van der Waals surface area contributed by atoms with Crippen molar-refractivity contribution in [1.82, 2.24) is 0 Å². The monoisotopic (exact) mass is 395 g/mol. The molecule has 0 fully saturated rings. The lowest BCUT2D eigenvalue weighted by Crippen LogP contribution is -2.02.